The highest BCUT2D eigenvalue weighted by Gasteiger charge is 2.28. The molecule has 5 heteroatoms. The van der Waals surface area contributed by atoms with Crippen LogP contribution in [0.4, 0.5) is 0 Å². The predicted octanol–water partition coefficient (Wildman–Crippen LogP) is 2.49. The van der Waals surface area contributed by atoms with Gasteiger partial charge in [0.25, 0.3) is 0 Å². The monoisotopic (exact) mass is 286 g/mol. The van der Waals surface area contributed by atoms with Gasteiger partial charge in [0.05, 0.1) is 29.7 Å². The Bertz CT molecular complexity index is 548. The van der Waals surface area contributed by atoms with Crippen LogP contribution in [0.25, 0.3) is 5.69 Å². The van der Waals surface area contributed by atoms with Crippen LogP contribution < -0.4 is 5.32 Å². The molecule has 2 unspecified atom stereocenters. The second-order valence-corrected chi connectivity index (χ2v) is 5.35. The molecule has 2 heterocycles. The summed E-state index contributed by atoms with van der Waals surface area (Å²) in [5, 5.41) is 11.9. The van der Waals surface area contributed by atoms with Crippen molar-refractivity contribution < 1.29 is 4.74 Å². The highest BCUT2D eigenvalue weighted by Crippen LogP contribution is 2.27. The highest BCUT2D eigenvalue weighted by atomic mass is 16.5. The molecule has 1 aromatic carbocycles. The Morgan fingerprint density at radius 1 is 1.33 bits per heavy atom. The van der Waals surface area contributed by atoms with Gasteiger partial charge in [0, 0.05) is 6.61 Å². The molecule has 1 N–H and O–H groups in total. The molecule has 1 fully saturated rings. The van der Waals surface area contributed by atoms with E-state index in [2.05, 4.69) is 22.6 Å². The van der Waals surface area contributed by atoms with E-state index in [1.54, 1.807) is 0 Å². The number of nitrogens with zero attached hydrogens (tertiary/aromatic N) is 3. The van der Waals surface area contributed by atoms with Crippen LogP contribution in [-0.4, -0.2) is 34.2 Å². The standard InChI is InChI=1S/C16H22N4O/c1-2-17-16(15-10-6-7-11-21-15)14-12-18-19-20(14)13-8-4-3-5-9-13/h3-5,8-9,12,15-17H,2,6-7,10-11H2,1H3. The van der Waals surface area contributed by atoms with Crippen molar-refractivity contribution in [2.75, 3.05) is 13.2 Å². The van der Waals surface area contributed by atoms with Crippen molar-refractivity contribution in [1.82, 2.24) is 20.3 Å². The second-order valence-electron chi connectivity index (χ2n) is 5.35. The zero-order valence-corrected chi connectivity index (χ0v) is 12.4. The van der Waals surface area contributed by atoms with Crippen LogP contribution in [0.3, 0.4) is 0 Å². The molecule has 0 amide bonds. The molecule has 0 aliphatic carbocycles. The van der Waals surface area contributed by atoms with Gasteiger partial charge in [-0.3, -0.25) is 0 Å². The van der Waals surface area contributed by atoms with Gasteiger partial charge in [0.15, 0.2) is 0 Å². The smallest absolute Gasteiger partial charge is 0.0841 e. The van der Waals surface area contributed by atoms with Gasteiger partial charge in [-0.25, -0.2) is 4.68 Å². The maximum atomic E-state index is 5.98. The number of benzene rings is 1. The minimum absolute atomic E-state index is 0.130. The fraction of sp³-hybridized carbons (Fsp3) is 0.500. The lowest BCUT2D eigenvalue weighted by Gasteiger charge is -2.31. The topological polar surface area (TPSA) is 52.0 Å². The lowest BCUT2D eigenvalue weighted by atomic mass is 9.99. The molecule has 1 aliphatic heterocycles. The number of rotatable bonds is 5. The number of aromatic nitrogens is 3. The Morgan fingerprint density at radius 3 is 2.90 bits per heavy atom. The van der Waals surface area contributed by atoms with Crippen LogP contribution in [0.1, 0.15) is 37.9 Å². The molecule has 0 radical (unpaired) electrons. The maximum absolute atomic E-state index is 5.98. The molecule has 3 rings (SSSR count). The summed E-state index contributed by atoms with van der Waals surface area (Å²) in [6.45, 7) is 3.86. The van der Waals surface area contributed by atoms with E-state index in [1.807, 2.05) is 41.2 Å². The Hall–Kier alpha value is -1.72. The van der Waals surface area contributed by atoms with E-state index in [-0.39, 0.29) is 12.1 Å². The zero-order valence-electron chi connectivity index (χ0n) is 12.4. The first-order chi connectivity index (χ1) is 10.4. The van der Waals surface area contributed by atoms with E-state index in [9.17, 15) is 0 Å². The second kappa shape index (κ2) is 6.83. The van der Waals surface area contributed by atoms with Gasteiger partial charge in [-0.2, -0.15) is 0 Å². The van der Waals surface area contributed by atoms with Gasteiger partial charge in [0.1, 0.15) is 0 Å². The SMILES string of the molecule is CCNC(c1cnnn1-c1ccccc1)C1CCCCO1. The van der Waals surface area contributed by atoms with Crippen LogP contribution >= 0.6 is 0 Å². The van der Waals surface area contributed by atoms with E-state index in [4.69, 9.17) is 4.74 Å². The molecule has 5 nitrogen and oxygen atoms in total. The molecular weight excluding hydrogens is 264 g/mol. The molecule has 0 spiro atoms. The Morgan fingerprint density at radius 2 is 2.19 bits per heavy atom. The van der Waals surface area contributed by atoms with E-state index >= 15 is 0 Å². The number of nitrogens with one attached hydrogen (secondary N) is 1. The molecular formula is C16H22N4O. The number of para-hydroxylation sites is 1. The predicted molar refractivity (Wildman–Crippen MR) is 81.4 cm³/mol. The number of likely N-dealkylation sites (N-methyl/N-ethyl adjacent to an activating group) is 1. The van der Waals surface area contributed by atoms with Crippen molar-refractivity contribution in [3.05, 3.63) is 42.2 Å². The summed E-state index contributed by atoms with van der Waals surface area (Å²) in [5.74, 6) is 0. The first-order valence-electron chi connectivity index (χ1n) is 7.71. The van der Waals surface area contributed by atoms with Gasteiger partial charge >= 0.3 is 0 Å². The summed E-state index contributed by atoms with van der Waals surface area (Å²) in [5.41, 5.74) is 2.10. The number of ether oxygens (including phenoxy) is 1. The third kappa shape index (κ3) is 3.14. The summed E-state index contributed by atoms with van der Waals surface area (Å²) >= 11 is 0. The van der Waals surface area contributed by atoms with Crippen LogP contribution in [0.15, 0.2) is 36.5 Å². The van der Waals surface area contributed by atoms with Crippen molar-refractivity contribution in [2.24, 2.45) is 0 Å². The average molecular weight is 286 g/mol. The quantitative estimate of drug-likeness (QED) is 0.917. The largest absolute Gasteiger partial charge is 0.376 e. The fourth-order valence-electron chi connectivity index (χ4n) is 2.90. The summed E-state index contributed by atoms with van der Waals surface area (Å²) in [4.78, 5) is 0. The minimum atomic E-state index is 0.130. The Balaban J connectivity index is 1.91. The molecule has 21 heavy (non-hydrogen) atoms. The van der Waals surface area contributed by atoms with E-state index in [0.717, 1.165) is 37.4 Å². The number of hydrogen-bond donors (Lipinski definition) is 1. The normalized spacial score (nSPS) is 20.3. The molecule has 2 aromatic rings. The van der Waals surface area contributed by atoms with Crippen molar-refractivity contribution >= 4 is 0 Å². The Kier molecular flexibility index (Phi) is 4.62. The first-order valence-corrected chi connectivity index (χ1v) is 7.71. The summed E-state index contributed by atoms with van der Waals surface area (Å²) in [6, 6.07) is 10.3. The van der Waals surface area contributed by atoms with E-state index in [1.165, 1.54) is 6.42 Å². The molecule has 1 aromatic heterocycles. The van der Waals surface area contributed by atoms with Gasteiger partial charge in [-0.1, -0.05) is 30.3 Å². The minimum Gasteiger partial charge on any atom is -0.376 e. The van der Waals surface area contributed by atoms with Gasteiger partial charge in [-0.05, 0) is 37.9 Å². The van der Waals surface area contributed by atoms with Crippen LogP contribution in [0.5, 0.6) is 0 Å². The third-order valence-electron chi connectivity index (χ3n) is 3.91. The first kappa shape index (κ1) is 14.2. The fourth-order valence-corrected chi connectivity index (χ4v) is 2.90. The van der Waals surface area contributed by atoms with Gasteiger partial charge in [-0.15, -0.1) is 5.10 Å². The average Bonchev–Trinajstić information content (AvgIpc) is 3.03. The molecule has 0 saturated carbocycles. The molecule has 112 valence electrons. The van der Waals surface area contributed by atoms with Gasteiger partial charge < -0.3 is 10.1 Å². The lowest BCUT2D eigenvalue weighted by molar-refractivity contribution is -0.00921. The van der Waals surface area contributed by atoms with Crippen molar-refractivity contribution in [2.45, 2.75) is 38.3 Å². The van der Waals surface area contributed by atoms with E-state index < -0.39 is 0 Å². The number of hydrogen-bond acceptors (Lipinski definition) is 4. The summed E-state index contributed by atoms with van der Waals surface area (Å²) in [6.07, 6.45) is 5.50. The van der Waals surface area contributed by atoms with Crippen molar-refractivity contribution in [3.8, 4) is 5.69 Å². The summed E-state index contributed by atoms with van der Waals surface area (Å²) in [7, 11) is 0. The van der Waals surface area contributed by atoms with Gasteiger partial charge in [0.2, 0.25) is 0 Å². The molecule has 1 aliphatic rings. The van der Waals surface area contributed by atoms with Crippen LogP contribution in [0.2, 0.25) is 0 Å². The van der Waals surface area contributed by atoms with Crippen molar-refractivity contribution in [1.29, 1.82) is 0 Å². The molecule has 2 atom stereocenters. The Labute approximate surface area is 125 Å². The van der Waals surface area contributed by atoms with Crippen LogP contribution in [0, 0.1) is 0 Å². The third-order valence-corrected chi connectivity index (χ3v) is 3.91. The molecule has 0 bridgehead atoms. The van der Waals surface area contributed by atoms with Crippen molar-refractivity contribution in [3.63, 3.8) is 0 Å². The maximum Gasteiger partial charge on any atom is 0.0841 e. The summed E-state index contributed by atoms with van der Waals surface area (Å²) < 4.78 is 7.88. The highest BCUT2D eigenvalue weighted by molar-refractivity contribution is 5.32. The molecule has 1 saturated heterocycles. The zero-order chi connectivity index (χ0) is 14.5. The van der Waals surface area contributed by atoms with E-state index in [0.29, 0.717) is 0 Å². The van der Waals surface area contributed by atoms with Crippen LogP contribution in [-0.2, 0) is 4.74 Å². The lowest BCUT2D eigenvalue weighted by Crippen LogP contribution is -2.37.